The molecule has 1 aromatic heterocycles. The number of nitro groups is 1. The summed E-state index contributed by atoms with van der Waals surface area (Å²) in [4.78, 5) is 43.6. The van der Waals surface area contributed by atoms with E-state index in [1.54, 1.807) is 39.2 Å². The smallest absolute Gasteiger partial charge is 0.338 e. The maximum absolute atomic E-state index is 14.1. The topological polar surface area (TPSA) is 131 Å². The Kier molecular flexibility index (Phi) is 7.81. The van der Waals surface area contributed by atoms with E-state index in [4.69, 9.17) is 18.9 Å². The van der Waals surface area contributed by atoms with Crippen LogP contribution >= 0.6 is 11.3 Å². The van der Waals surface area contributed by atoms with Gasteiger partial charge in [0, 0.05) is 11.6 Å². The van der Waals surface area contributed by atoms with Crippen LogP contribution in [-0.2, 0) is 9.53 Å². The van der Waals surface area contributed by atoms with Crippen LogP contribution in [0.5, 0.6) is 17.2 Å². The van der Waals surface area contributed by atoms with Crippen LogP contribution in [0.15, 0.2) is 69.6 Å². The van der Waals surface area contributed by atoms with Gasteiger partial charge in [0.1, 0.15) is 17.5 Å². The molecular formula is C30H27N3O8S. The highest BCUT2D eigenvalue weighted by molar-refractivity contribution is 7.07. The second kappa shape index (κ2) is 11.5. The minimum Gasteiger partial charge on any atom is -0.497 e. The average molecular weight is 590 g/mol. The number of esters is 1. The summed E-state index contributed by atoms with van der Waals surface area (Å²) in [6.07, 6.45) is 1.56. The predicted molar refractivity (Wildman–Crippen MR) is 157 cm³/mol. The van der Waals surface area contributed by atoms with Crippen LogP contribution in [0.4, 0.5) is 5.69 Å². The highest BCUT2D eigenvalue weighted by atomic mass is 32.1. The van der Waals surface area contributed by atoms with Gasteiger partial charge in [-0.25, -0.2) is 9.79 Å². The lowest BCUT2D eigenvalue weighted by Gasteiger charge is -2.27. The third-order valence-electron chi connectivity index (χ3n) is 6.94. The Balaban J connectivity index is 1.83. The highest BCUT2D eigenvalue weighted by Crippen LogP contribution is 2.41. The molecule has 0 amide bonds. The van der Waals surface area contributed by atoms with Crippen molar-refractivity contribution in [3.8, 4) is 17.2 Å². The van der Waals surface area contributed by atoms with Gasteiger partial charge in [-0.05, 0) is 60.5 Å². The third-order valence-corrected chi connectivity index (χ3v) is 7.92. The van der Waals surface area contributed by atoms with Gasteiger partial charge in [-0.2, -0.15) is 0 Å². The molecule has 1 unspecified atom stereocenters. The lowest BCUT2D eigenvalue weighted by molar-refractivity contribution is -0.385. The minimum absolute atomic E-state index is 0.104. The molecule has 3 aromatic carbocycles. The molecule has 0 fully saturated rings. The number of carbonyl (C=O) groups is 1. The highest BCUT2D eigenvalue weighted by Gasteiger charge is 2.36. The molecule has 5 rings (SSSR count). The number of allylic oxidation sites excluding steroid dienone is 1. The molecule has 4 aromatic rings. The Labute approximate surface area is 243 Å². The number of nitrogens with zero attached hydrogens (tertiary/aromatic N) is 3. The maximum atomic E-state index is 14.1. The lowest BCUT2D eigenvalue weighted by Crippen LogP contribution is -2.40. The average Bonchev–Trinajstić information content (AvgIpc) is 3.29. The fourth-order valence-electron chi connectivity index (χ4n) is 5.04. The Morgan fingerprint density at radius 1 is 1.07 bits per heavy atom. The minimum atomic E-state index is -0.946. The largest absolute Gasteiger partial charge is 0.497 e. The van der Waals surface area contributed by atoms with Crippen LogP contribution in [0.25, 0.3) is 16.8 Å². The number of aromatic nitrogens is 1. The van der Waals surface area contributed by atoms with Gasteiger partial charge in [-0.3, -0.25) is 19.5 Å². The van der Waals surface area contributed by atoms with E-state index in [-0.39, 0.29) is 28.1 Å². The molecule has 1 atom stereocenters. The summed E-state index contributed by atoms with van der Waals surface area (Å²) >= 11 is 1.11. The van der Waals surface area contributed by atoms with Gasteiger partial charge in [0.25, 0.3) is 5.56 Å². The number of benzene rings is 3. The zero-order valence-electron chi connectivity index (χ0n) is 23.5. The van der Waals surface area contributed by atoms with E-state index in [1.807, 2.05) is 24.3 Å². The number of nitro benzene ring substituents is 1. The SMILES string of the molecule is CCOC(=O)C1=C(C)N=c2sc(=Cc3ccc(OC)c([N+](=O)[O-])c3)c(=O)n2C1c1c(OC)ccc2ccc(OC)cc12. The standard InChI is InChI=1S/C30H27N3O8S/c1-6-41-29(35)25-16(2)31-30-32(27(25)26-20-15-19(38-3)10-8-18(20)9-12-23(26)40-5)28(34)24(42-30)14-17-7-11-22(39-4)21(13-17)33(36)37/h7-15,27H,6H2,1-5H3. The van der Waals surface area contributed by atoms with E-state index in [2.05, 4.69) is 4.99 Å². The number of hydrogen-bond donors (Lipinski definition) is 0. The molecule has 0 aliphatic carbocycles. The van der Waals surface area contributed by atoms with Gasteiger partial charge in [0.2, 0.25) is 0 Å². The summed E-state index contributed by atoms with van der Waals surface area (Å²) < 4.78 is 23.5. The Bertz CT molecular complexity index is 1950. The van der Waals surface area contributed by atoms with Crippen molar-refractivity contribution < 1.29 is 28.7 Å². The predicted octanol–water partition coefficient (Wildman–Crippen LogP) is 3.89. The Morgan fingerprint density at radius 3 is 2.45 bits per heavy atom. The van der Waals surface area contributed by atoms with Crippen molar-refractivity contribution in [3.05, 3.63) is 101 Å². The molecule has 0 spiro atoms. The van der Waals surface area contributed by atoms with Crippen molar-refractivity contribution in [1.29, 1.82) is 0 Å². The second-order valence-corrected chi connectivity index (χ2v) is 10.3. The molecule has 0 N–H and O–H groups in total. The van der Waals surface area contributed by atoms with Crippen LogP contribution in [0.1, 0.15) is 31.0 Å². The summed E-state index contributed by atoms with van der Waals surface area (Å²) in [5.74, 6) is 0.541. The quantitative estimate of drug-likeness (QED) is 0.172. The van der Waals surface area contributed by atoms with Crippen molar-refractivity contribution in [2.75, 3.05) is 27.9 Å². The van der Waals surface area contributed by atoms with Crippen molar-refractivity contribution >= 4 is 39.8 Å². The summed E-state index contributed by atoms with van der Waals surface area (Å²) in [5, 5.41) is 13.1. The number of thiazole rings is 1. The Morgan fingerprint density at radius 2 is 1.79 bits per heavy atom. The Hall–Kier alpha value is -4.97. The summed E-state index contributed by atoms with van der Waals surface area (Å²) in [7, 11) is 4.42. The lowest BCUT2D eigenvalue weighted by atomic mass is 9.90. The van der Waals surface area contributed by atoms with E-state index in [9.17, 15) is 19.7 Å². The first-order valence-corrected chi connectivity index (χ1v) is 13.7. The molecular weight excluding hydrogens is 562 g/mol. The zero-order valence-corrected chi connectivity index (χ0v) is 24.3. The van der Waals surface area contributed by atoms with Crippen molar-refractivity contribution in [2.24, 2.45) is 4.99 Å². The molecule has 0 radical (unpaired) electrons. The van der Waals surface area contributed by atoms with Gasteiger partial charge >= 0.3 is 11.7 Å². The molecule has 12 heteroatoms. The molecule has 216 valence electrons. The summed E-state index contributed by atoms with van der Waals surface area (Å²) in [5.41, 5.74) is 0.931. The number of fused-ring (bicyclic) bond motifs is 2. The fourth-order valence-corrected chi connectivity index (χ4v) is 6.09. The number of ether oxygens (including phenoxy) is 4. The van der Waals surface area contributed by atoms with Crippen LogP contribution in [0, 0.1) is 10.1 Å². The van der Waals surface area contributed by atoms with E-state index >= 15 is 0 Å². The molecule has 1 aliphatic rings. The van der Waals surface area contributed by atoms with Crippen molar-refractivity contribution in [2.45, 2.75) is 19.9 Å². The molecule has 1 aliphatic heterocycles. The maximum Gasteiger partial charge on any atom is 0.338 e. The van der Waals surface area contributed by atoms with Gasteiger partial charge < -0.3 is 18.9 Å². The summed E-state index contributed by atoms with van der Waals surface area (Å²) in [6, 6.07) is 12.7. The zero-order chi connectivity index (χ0) is 30.1. The van der Waals surface area contributed by atoms with Crippen LogP contribution in [0.3, 0.4) is 0 Å². The molecule has 42 heavy (non-hydrogen) atoms. The molecule has 0 bridgehead atoms. The third kappa shape index (κ3) is 4.90. The van der Waals surface area contributed by atoms with Gasteiger partial charge in [-0.15, -0.1) is 0 Å². The summed E-state index contributed by atoms with van der Waals surface area (Å²) in [6.45, 7) is 3.53. The molecule has 0 saturated carbocycles. The van der Waals surface area contributed by atoms with Crippen LogP contribution < -0.4 is 29.1 Å². The number of hydrogen-bond acceptors (Lipinski definition) is 10. The first kappa shape index (κ1) is 28.6. The first-order chi connectivity index (χ1) is 20.2. The second-order valence-electron chi connectivity index (χ2n) is 9.26. The fraction of sp³-hybridized carbons (Fsp3) is 0.233. The number of rotatable bonds is 8. The van der Waals surface area contributed by atoms with E-state index < -0.39 is 22.5 Å². The van der Waals surface area contributed by atoms with E-state index in [0.717, 1.165) is 22.1 Å². The van der Waals surface area contributed by atoms with Gasteiger partial charge in [0.15, 0.2) is 10.6 Å². The van der Waals surface area contributed by atoms with E-state index in [1.165, 1.54) is 30.9 Å². The molecule has 11 nitrogen and oxygen atoms in total. The van der Waals surface area contributed by atoms with Crippen LogP contribution in [0.2, 0.25) is 0 Å². The normalized spacial score (nSPS) is 14.8. The van der Waals surface area contributed by atoms with E-state index in [0.29, 0.717) is 33.1 Å². The number of methoxy groups -OCH3 is 3. The van der Waals surface area contributed by atoms with Gasteiger partial charge in [0.05, 0.1) is 48.7 Å². The molecule has 0 saturated heterocycles. The van der Waals surface area contributed by atoms with Crippen molar-refractivity contribution in [1.82, 2.24) is 4.57 Å². The monoisotopic (exact) mass is 589 g/mol. The first-order valence-electron chi connectivity index (χ1n) is 12.9. The van der Waals surface area contributed by atoms with Crippen LogP contribution in [-0.4, -0.2) is 43.4 Å². The van der Waals surface area contributed by atoms with Gasteiger partial charge in [-0.1, -0.05) is 29.5 Å². The molecule has 2 heterocycles. The number of carbonyl (C=O) groups excluding carboxylic acids is 1. The van der Waals surface area contributed by atoms with Crippen molar-refractivity contribution in [3.63, 3.8) is 0 Å².